The average Bonchev–Trinajstić information content (AvgIpc) is 2.63. The second-order valence-electron chi connectivity index (χ2n) is 5.52. The van der Waals surface area contributed by atoms with Gasteiger partial charge in [0.25, 0.3) is 5.91 Å². The molecule has 1 aromatic carbocycles. The average molecular weight is 275 g/mol. The molecule has 1 aromatic rings. The summed E-state index contributed by atoms with van der Waals surface area (Å²) in [6, 6.07) is 4.97. The number of aliphatic carboxylic acids is 1. The lowest BCUT2D eigenvalue weighted by Gasteiger charge is -2.27. The Morgan fingerprint density at radius 1 is 1.20 bits per heavy atom. The smallest absolute Gasteiger partial charge is 0.326 e. The number of likely N-dealkylation sites (tertiary alicyclic amines) is 1. The fraction of sp³-hybridized carbons (Fsp3) is 0.500. The first kappa shape index (κ1) is 14.6. The van der Waals surface area contributed by atoms with Crippen molar-refractivity contribution >= 4 is 11.9 Å². The number of hydrogen-bond donors (Lipinski definition) is 1. The van der Waals surface area contributed by atoms with Gasteiger partial charge in [-0.15, -0.1) is 0 Å². The molecule has 1 N–H and O–H groups in total. The molecule has 0 saturated carbocycles. The zero-order valence-electron chi connectivity index (χ0n) is 12.1. The maximum Gasteiger partial charge on any atom is 0.326 e. The fourth-order valence-corrected chi connectivity index (χ4v) is 2.82. The van der Waals surface area contributed by atoms with E-state index in [1.54, 1.807) is 6.07 Å². The van der Waals surface area contributed by atoms with Crippen LogP contribution in [0.5, 0.6) is 0 Å². The molecule has 4 nitrogen and oxygen atoms in total. The van der Waals surface area contributed by atoms with Crippen molar-refractivity contribution in [3.8, 4) is 0 Å². The molecule has 0 spiro atoms. The van der Waals surface area contributed by atoms with Crippen LogP contribution >= 0.6 is 0 Å². The van der Waals surface area contributed by atoms with Crippen LogP contribution in [-0.4, -0.2) is 34.5 Å². The van der Waals surface area contributed by atoms with Crippen molar-refractivity contribution in [3.63, 3.8) is 0 Å². The third kappa shape index (κ3) is 3.00. The number of carbonyl (C=O) groups is 2. The minimum Gasteiger partial charge on any atom is -0.480 e. The maximum absolute atomic E-state index is 12.7. The molecule has 1 saturated heterocycles. The van der Waals surface area contributed by atoms with Gasteiger partial charge in [-0.3, -0.25) is 4.79 Å². The summed E-state index contributed by atoms with van der Waals surface area (Å²) in [6.07, 6.45) is 3.28. The van der Waals surface area contributed by atoms with Gasteiger partial charge in [0.05, 0.1) is 0 Å². The highest BCUT2D eigenvalue weighted by Gasteiger charge is 2.31. The Morgan fingerprint density at radius 2 is 1.95 bits per heavy atom. The maximum atomic E-state index is 12.7. The van der Waals surface area contributed by atoms with Gasteiger partial charge >= 0.3 is 5.97 Å². The fourth-order valence-electron chi connectivity index (χ4n) is 2.82. The summed E-state index contributed by atoms with van der Waals surface area (Å²) >= 11 is 0. The molecule has 1 amide bonds. The van der Waals surface area contributed by atoms with E-state index in [0.29, 0.717) is 18.5 Å². The number of hydrogen-bond acceptors (Lipinski definition) is 2. The topological polar surface area (TPSA) is 57.6 Å². The number of carboxylic acids is 1. The molecule has 0 bridgehead atoms. The van der Waals surface area contributed by atoms with Crippen molar-refractivity contribution in [3.05, 3.63) is 34.9 Å². The zero-order chi connectivity index (χ0) is 14.7. The Kier molecular flexibility index (Phi) is 4.42. The summed E-state index contributed by atoms with van der Waals surface area (Å²) < 4.78 is 0. The van der Waals surface area contributed by atoms with Crippen LogP contribution in [0.3, 0.4) is 0 Å². The van der Waals surface area contributed by atoms with Crippen molar-refractivity contribution in [1.82, 2.24) is 4.90 Å². The molecule has 1 aliphatic heterocycles. The summed E-state index contributed by atoms with van der Waals surface area (Å²) in [5.74, 6) is -1.05. The Morgan fingerprint density at radius 3 is 2.60 bits per heavy atom. The van der Waals surface area contributed by atoms with E-state index in [1.807, 2.05) is 26.0 Å². The first-order valence-corrected chi connectivity index (χ1v) is 7.11. The number of carboxylic acid groups (broad SMARTS) is 1. The van der Waals surface area contributed by atoms with E-state index in [1.165, 1.54) is 4.90 Å². The number of benzene rings is 1. The first-order valence-electron chi connectivity index (χ1n) is 7.11. The highest BCUT2D eigenvalue weighted by atomic mass is 16.4. The van der Waals surface area contributed by atoms with Crippen LogP contribution in [0.1, 0.15) is 47.2 Å². The van der Waals surface area contributed by atoms with Gasteiger partial charge in [-0.1, -0.05) is 30.5 Å². The number of nitrogens with zero attached hydrogens (tertiary/aromatic N) is 1. The van der Waals surface area contributed by atoms with E-state index in [9.17, 15) is 14.7 Å². The van der Waals surface area contributed by atoms with Crippen LogP contribution in [0, 0.1) is 13.8 Å². The van der Waals surface area contributed by atoms with Crippen LogP contribution in [-0.2, 0) is 4.79 Å². The van der Waals surface area contributed by atoms with Crippen LogP contribution in [0.25, 0.3) is 0 Å². The molecule has 0 aromatic heterocycles. The number of carbonyl (C=O) groups excluding carboxylic acids is 1. The largest absolute Gasteiger partial charge is 0.480 e. The monoisotopic (exact) mass is 275 g/mol. The number of amides is 1. The van der Waals surface area contributed by atoms with Crippen molar-refractivity contribution in [1.29, 1.82) is 0 Å². The molecule has 108 valence electrons. The summed E-state index contributed by atoms with van der Waals surface area (Å²) in [7, 11) is 0. The zero-order valence-corrected chi connectivity index (χ0v) is 12.1. The summed E-state index contributed by atoms with van der Waals surface area (Å²) in [5.41, 5.74) is 2.62. The Labute approximate surface area is 119 Å². The van der Waals surface area contributed by atoms with Crippen LogP contribution in [0.4, 0.5) is 0 Å². The van der Waals surface area contributed by atoms with Gasteiger partial charge in [0, 0.05) is 12.1 Å². The lowest BCUT2D eigenvalue weighted by molar-refractivity contribution is -0.142. The third-order valence-electron chi connectivity index (χ3n) is 3.91. The van der Waals surface area contributed by atoms with Crippen LogP contribution in [0.15, 0.2) is 18.2 Å². The van der Waals surface area contributed by atoms with E-state index < -0.39 is 12.0 Å². The summed E-state index contributed by atoms with van der Waals surface area (Å²) in [6.45, 7) is 4.41. The lowest BCUT2D eigenvalue weighted by Crippen LogP contribution is -2.44. The van der Waals surface area contributed by atoms with E-state index in [0.717, 1.165) is 30.4 Å². The van der Waals surface area contributed by atoms with E-state index in [2.05, 4.69) is 0 Å². The van der Waals surface area contributed by atoms with Crippen molar-refractivity contribution in [2.45, 2.75) is 45.6 Å². The highest BCUT2D eigenvalue weighted by Crippen LogP contribution is 2.21. The van der Waals surface area contributed by atoms with Gasteiger partial charge in [-0.2, -0.15) is 0 Å². The van der Waals surface area contributed by atoms with Crippen molar-refractivity contribution in [2.24, 2.45) is 0 Å². The molecule has 1 fully saturated rings. The van der Waals surface area contributed by atoms with Crippen LogP contribution < -0.4 is 0 Å². The predicted molar refractivity (Wildman–Crippen MR) is 76.8 cm³/mol. The van der Waals surface area contributed by atoms with Crippen LogP contribution in [0.2, 0.25) is 0 Å². The molecular formula is C16H21NO3. The number of rotatable bonds is 2. The molecule has 0 radical (unpaired) electrons. The Balaban J connectivity index is 2.31. The number of aryl methyl sites for hydroxylation is 2. The molecule has 0 aliphatic carbocycles. The standard InChI is InChI=1S/C16H21NO3/c1-11-7-8-13(12(2)10-11)15(18)17-9-5-3-4-6-14(17)16(19)20/h7-8,10,14H,3-6,9H2,1-2H3,(H,19,20). The van der Waals surface area contributed by atoms with E-state index in [4.69, 9.17) is 0 Å². The van der Waals surface area contributed by atoms with Gasteiger partial charge in [0.15, 0.2) is 0 Å². The van der Waals surface area contributed by atoms with Gasteiger partial charge in [-0.25, -0.2) is 4.79 Å². The SMILES string of the molecule is Cc1ccc(C(=O)N2CCCCCC2C(=O)O)c(C)c1. The summed E-state index contributed by atoms with van der Waals surface area (Å²) in [5, 5.41) is 9.35. The van der Waals surface area contributed by atoms with Gasteiger partial charge in [0.1, 0.15) is 6.04 Å². The molecule has 4 heteroatoms. The van der Waals surface area contributed by atoms with E-state index >= 15 is 0 Å². The minimum absolute atomic E-state index is 0.156. The normalized spacial score (nSPS) is 19.5. The highest BCUT2D eigenvalue weighted by molar-refractivity contribution is 5.98. The van der Waals surface area contributed by atoms with Crippen molar-refractivity contribution < 1.29 is 14.7 Å². The third-order valence-corrected chi connectivity index (χ3v) is 3.91. The predicted octanol–water partition coefficient (Wildman–Crippen LogP) is 2.77. The molecule has 20 heavy (non-hydrogen) atoms. The van der Waals surface area contributed by atoms with Gasteiger partial charge in [0.2, 0.25) is 0 Å². The summed E-state index contributed by atoms with van der Waals surface area (Å²) in [4.78, 5) is 25.6. The first-order chi connectivity index (χ1) is 9.50. The quantitative estimate of drug-likeness (QED) is 0.903. The van der Waals surface area contributed by atoms with E-state index in [-0.39, 0.29) is 5.91 Å². The Bertz CT molecular complexity index is 524. The molecular weight excluding hydrogens is 254 g/mol. The van der Waals surface area contributed by atoms with Gasteiger partial charge < -0.3 is 10.0 Å². The lowest BCUT2D eigenvalue weighted by atomic mass is 10.0. The second-order valence-corrected chi connectivity index (χ2v) is 5.52. The minimum atomic E-state index is -0.898. The van der Waals surface area contributed by atoms with Crippen molar-refractivity contribution in [2.75, 3.05) is 6.54 Å². The Hall–Kier alpha value is -1.84. The molecule has 1 heterocycles. The molecule has 1 aliphatic rings. The molecule has 1 atom stereocenters. The molecule has 1 unspecified atom stereocenters. The molecule has 2 rings (SSSR count). The second kappa shape index (κ2) is 6.07. The van der Waals surface area contributed by atoms with Gasteiger partial charge in [-0.05, 0) is 38.3 Å².